The van der Waals surface area contributed by atoms with E-state index < -0.39 is 10.9 Å². The minimum absolute atomic E-state index is 0.175. The fourth-order valence-corrected chi connectivity index (χ4v) is 2.47. The monoisotopic (exact) mass is 349 g/mol. The molecular weight excluding hydrogens is 330 g/mol. The van der Waals surface area contributed by atoms with Gasteiger partial charge in [0.1, 0.15) is 23.7 Å². The van der Waals surface area contributed by atoms with Gasteiger partial charge in [0.15, 0.2) is 0 Å². The molecule has 9 heteroatoms. The maximum atomic E-state index is 11.5. The second-order valence-electron chi connectivity index (χ2n) is 5.18. The SMILES string of the molecule is CCOC(=O)CNc1cc(-c2c(C)noc2C)c(OC)cc1[N+](=O)[O-]. The van der Waals surface area contributed by atoms with Gasteiger partial charge in [0.05, 0.1) is 36.0 Å². The van der Waals surface area contributed by atoms with Crippen molar-refractivity contribution in [3.05, 3.63) is 33.7 Å². The Balaban J connectivity index is 2.52. The van der Waals surface area contributed by atoms with E-state index in [4.69, 9.17) is 14.0 Å². The van der Waals surface area contributed by atoms with Crippen molar-refractivity contribution >= 4 is 17.3 Å². The molecular formula is C16H19N3O6. The molecule has 0 aliphatic carbocycles. The van der Waals surface area contributed by atoms with Gasteiger partial charge in [-0.25, -0.2) is 0 Å². The van der Waals surface area contributed by atoms with Crippen LogP contribution in [0.1, 0.15) is 18.4 Å². The second kappa shape index (κ2) is 7.65. The molecule has 0 aliphatic heterocycles. The highest BCUT2D eigenvalue weighted by Crippen LogP contribution is 2.41. The van der Waals surface area contributed by atoms with E-state index in [9.17, 15) is 14.9 Å². The number of nitro groups is 1. The average Bonchev–Trinajstić information content (AvgIpc) is 2.90. The fraction of sp³-hybridized carbons (Fsp3) is 0.375. The lowest BCUT2D eigenvalue weighted by atomic mass is 10.0. The Morgan fingerprint density at radius 1 is 1.40 bits per heavy atom. The minimum atomic E-state index is -0.548. The third-order valence-corrected chi connectivity index (χ3v) is 3.55. The molecule has 0 saturated heterocycles. The van der Waals surface area contributed by atoms with E-state index in [1.54, 1.807) is 26.8 Å². The summed E-state index contributed by atoms with van der Waals surface area (Å²) in [5.41, 5.74) is 1.85. The topological polar surface area (TPSA) is 117 Å². The van der Waals surface area contributed by atoms with Crippen LogP contribution in [0.4, 0.5) is 11.4 Å². The first-order valence-electron chi connectivity index (χ1n) is 7.58. The molecule has 0 unspecified atom stereocenters. The van der Waals surface area contributed by atoms with Crippen LogP contribution in [0, 0.1) is 24.0 Å². The number of rotatable bonds is 7. The number of ether oxygens (including phenoxy) is 2. The number of carbonyl (C=O) groups excluding carboxylic acids is 1. The van der Waals surface area contributed by atoms with Crippen molar-refractivity contribution in [1.29, 1.82) is 0 Å². The van der Waals surface area contributed by atoms with E-state index in [-0.39, 0.29) is 24.5 Å². The summed E-state index contributed by atoms with van der Waals surface area (Å²) in [6.07, 6.45) is 0. The van der Waals surface area contributed by atoms with Gasteiger partial charge >= 0.3 is 5.97 Å². The maximum absolute atomic E-state index is 11.5. The number of hydrogen-bond acceptors (Lipinski definition) is 8. The molecule has 1 heterocycles. The van der Waals surface area contributed by atoms with E-state index in [1.165, 1.54) is 13.2 Å². The Kier molecular flexibility index (Phi) is 5.58. The highest BCUT2D eigenvalue weighted by Gasteiger charge is 2.23. The number of aromatic nitrogens is 1. The zero-order valence-corrected chi connectivity index (χ0v) is 14.4. The van der Waals surface area contributed by atoms with Crippen molar-refractivity contribution in [3.63, 3.8) is 0 Å². The molecule has 0 bridgehead atoms. The van der Waals surface area contributed by atoms with Crippen LogP contribution in [0.5, 0.6) is 5.75 Å². The zero-order chi connectivity index (χ0) is 18.6. The Morgan fingerprint density at radius 2 is 2.12 bits per heavy atom. The van der Waals surface area contributed by atoms with Gasteiger partial charge in [0, 0.05) is 5.56 Å². The predicted octanol–water partition coefficient (Wildman–Crippen LogP) is 2.85. The van der Waals surface area contributed by atoms with Gasteiger partial charge in [-0.2, -0.15) is 0 Å². The number of esters is 1. The number of aryl methyl sites for hydroxylation is 2. The van der Waals surface area contributed by atoms with Crippen molar-refractivity contribution in [2.75, 3.05) is 25.6 Å². The number of nitrogens with zero attached hydrogens (tertiary/aromatic N) is 2. The van der Waals surface area contributed by atoms with Crippen molar-refractivity contribution in [2.45, 2.75) is 20.8 Å². The van der Waals surface area contributed by atoms with Crippen molar-refractivity contribution < 1.29 is 23.7 Å². The number of methoxy groups -OCH3 is 1. The molecule has 0 fully saturated rings. The Labute approximate surface area is 144 Å². The quantitative estimate of drug-likeness (QED) is 0.461. The van der Waals surface area contributed by atoms with Gasteiger partial charge < -0.3 is 19.3 Å². The Hall–Kier alpha value is -3.10. The van der Waals surface area contributed by atoms with Crippen molar-refractivity contribution in [1.82, 2.24) is 5.16 Å². The van der Waals surface area contributed by atoms with Crippen LogP contribution in [0.15, 0.2) is 16.7 Å². The first kappa shape index (κ1) is 18.2. The summed E-state index contributed by atoms with van der Waals surface area (Å²) < 4.78 is 15.3. The summed E-state index contributed by atoms with van der Waals surface area (Å²) in [5, 5.41) is 18.0. The standard InChI is InChI=1S/C16H19N3O6/c1-5-24-15(20)8-17-12-6-11(16-9(2)18-25-10(16)3)14(23-4)7-13(12)19(21)22/h6-7,17H,5,8H2,1-4H3. The molecule has 9 nitrogen and oxygen atoms in total. The molecule has 0 radical (unpaired) electrons. The van der Waals surface area contributed by atoms with Gasteiger partial charge in [-0.1, -0.05) is 5.16 Å². The van der Waals surface area contributed by atoms with E-state index >= 15 is 0 Å². The third kappa shape index (κ3) is 3.87. The predicted molar refractivity (Wildman–Crippen MR) is 89.7 cm³/mol. The van der Waals surface area contributed by atoms with Crippen molar-refractivity contribution in [2.24, 2.45) is 0 Å². The smallest absolute Gasteiger partial charge is 0.325 e. The van der Waals surface area contributed by atoms with Gasteiger partial charge in [0.25, 0.3) is 5.69 Å². The van der Waals surface area contributed by atoms with Gasteiger partial charge in [0.2, 0.25) is 0 Å². The molecule has 2 aromatic rings. The molecule has 1 aromatic carbocycles. The van der Waals surface area contributed by atoms with Crippen LogP contribution in [0.25, 0.3) is 11.1 Å². The van der Waals surface area contributed by atoms with Gasteiger partial charge in [-0.05, 0) is 26.8 Å². The summed E-state index contributed by atoms with van der Waals surface area (Å²) in [6.45, 7) is 5.22. The second-order valence-corrected chi connectivity index (χ2v) is 5.18. The molecule has 25 heavy (non-hydrogen) atoms. The summed E-state index contributed by atoms with van der Waals surface area (Å²) in [7, 11) is 1.42. The van der Waals surface area contributed by atoms with Crippen LogP contribution in [-0.4, -0.2) is 36.3 Å². The molecule has 0 aliphatic rings. The molecule has 1 aromatic heterocycles. The van der Waals surface area contributed by atoms with Crippen molar-refractivity contribution in [3.8, 4) is 16.9 Å². The Morgan fingerprint density at radius 3 is 2.64 bits per heavy atom. The number of carbonyl (C=O) groups is 1. The van der Waals surface area contributed by atoms with Crippen LogP contribution in [0.2, 0.25) is 0 Å². The largest absolute Gasteiger partial charge is 0.496 e. The summed E-state index contributed by atoms with van der Waals surface area (Å²) in [6, 6.07) is 2.84. The molecule has 2 rings (SSSR count). The molecule has 0 amide bonds. The maximum Gasteiger partial charge on any atom is 0.325 e. The lowest BCUT2D eigenvalue weighted by Gasteiger charge is -2.13. The Bertz CT molecular complexity index is 780. The number of nitro benzene ring substituents is 1. The summed E-state index contributed by atoms with van der Waals surface area (Å²) in [4.78, 5) is 22.3. The first-order chi connectivity index (χ1) is 11.9. The molecule has 0 spiro atoms. The van der Waals surface area contributed by atoms with Crippen LogP contribution in [0.3, 0.4) is 0 Å². The average molecular weight is 349 g/mol. The van der Waals surface area contributed by atoms with Gasteiger partial charge in [-0.3, -0.25) is 14.9 Å². The first-order valence-corrected chi connectivity index (χ1v) is 7.58. The zero-order valence-electron chi connectivity index (χ0n) is 14.4. The number of hydrogen-bond donors (Lipinski definition) is 1. The van der Waals surface area contributed by atoms with E-state index in [0.29, 0.717) is 28.3 Å². The molecule has 0 atom stereocenters. The van der Waals surface area contributed by atoms with Crippen LogP contribution in [-0.2, 0) is 9.53 Å². The summed E-state index contributed by atoms with van der Waals surface area (Å²) in [5.74, 6) is 0.357. The number of nitrogens with one attached hydrogen (secondary N) is 1. The van der Waals surface area contributed by atoms with Crippen LogP contribution >= 0.6 is 0 Å². The number of benzene rings is 1. The van der Waals surface area contributed by atoms with E-state index in [1.807, 2.05) is 0 Å². The third-order valence-electron chi connectivity index (χ3n) is 3.55. The lowest BCUT2D eigenvalue weighted by molar-refractivity contribution is -0.384. The minimum Gasteiger partial charge on any atom is -0.496 e. The molecule has 134 valence electrons. The highest BCUT2D eigenvalue weighted by atomic mass is 16.6. The van der Waals surface area contributed by atoms with E-state index in [0.717, 1.165) is 0 Å². The lowest BCUT2D eigenvalue weighted by Crippen LogP contribution is -2.17. The fourth-order valence-electron chi connectivity index (χ4n) is 2.47. The normalized spacial score (nSPS) is 10.4. The molecule has 1 N–H and O–H groups in total. The highest BCUT2D eigenvalue weighted by molar-refractivity contribution is 5.83. The van der Waals surface area contributed by atoms with E-state index in [2.05, 4.69) is 10.5 Å². The molecule has 0 saturated carbocycles. The number of anilines is 1. The van der Waals surface area contributed by atoms with Gasteiger partial charge in [-0.15, -0.1) is 0 Å². The summed E-state index contributed by atoms with van der Waals surface area (Å²) >= 11 is 0. The van der Waals surface area contributed by atoms with Crippen LogP contribution < -0.4 is 10.1 Å².